The first kappa shape index (κ1) is 12.8. The highest BCUT2D eigenvalue weighted by atomic mass is 35.5. The minimum absolute atomic E-state index is 0.854. The number of benzene rings is 1. The van der Waals surface area contributed by atoms with Crippen LogP contribution in [0.3, 0.4) is 0 Å². The van der Waals surface area contributed by atoms with Crippen LogP contribution in [-0.4, -0.2) is 6.54 Å². The molecule has 0 aromatic heterocycles. The van der Waals surface area contributed by atoms with Crippen molar-refractivity contribution in [3.63, 3.8) is 0 Å². The molecule has 1 aromatic rings. The second-order valence-electron chi connectivity index (χ2n) is 5.18. The zero-order valence-electron chi connectivity index (χ0n) is 10.6. The van der Waals surface area contributed by atoms with Crippen LogP contribution >= 0.6 is 11.6 Å². The summed E-state index contributed by atoms with van der Waals surface area (Å²) >= 11 is 6.10. The molecule has 0 saturated heterocycles. The average molecular weight is 252 g/mol. The van der Waals surface area contributed by atoms with E-state index in [2.05, 4.69) is 17.4 Å². The van der Waals surface area contributed by atoms with Crippen LogP contribution in [0.5, 0.6) is 0 Å². The van der Waals surface area contributed by atoms with E-state index in [1.807, 2.05) is 13.0 Å². The summed E-state index contributed by atoms with van der Waals surface area (Å²) in [5, 5.41) is 4.33. The molecule has 0 amide bonds. The highest BCUT2D eigenvalue weighted by Gasteiger charge is 2.12. The Kier molecular flexibility index (Phi) is 4.73. The van der Waals surface area contributed by atoms with Gasteiger partial charge >= 0.3 is 0 Å². The summed E-state index contributed by atoms with van der Waals surface area (Å²) < 4.78 is 0. The topological polar surface area (TPSA) is 12.0 Å². The number of halogens is 1. The lowest BCUT2D eigenvalue weighted by atomic mass is 9.87. The van der Waals surface area contributed by atoms with E-state index >= 15 is 0 Å². The SMILES string of the molecule is Cc1ccc(NCCC2CCCCC2)cc1Cl. The molecule has 1 saturated carbocycles. The third kappa shape index (κ3) is 3.92. The Morgan fingerprint density at radius 3 is 2.71 bits per heavy atom. The monoisotopic (exact) mass is 251 g/mol. The molecule has 1 aromatic carbocycles. The van der Waals surface area contributed by atoms with Crippen molar-refractivity contribution >= 4 is 17.3 Å². The smallest absolute Gasteiger partial charge is 0.0455 e. The Hall–Kier alpha value is -0.690. The van der Waals surface area contributed by atoms with Gasteiger partial charge < -0.3 is 5.32 Å². The summed E-state index contributed by atoms with van der Waals surface area (Å²) in [4.78, 5) is 0. The number of aryl methyl sites for hydroxylation is 1. The van der Waals surface area contributed by atoms with E-state index in [0.29, 0.717) is 0 Å². The minimum Gasteiger partial charge on any atom is -0.385 e. The molecule has 0 unspecified atom stereocenters. The Labute approximate surface area is 110 Å². The molecule has 2 heteroatoms. The molecule has 0 spiro atoms. The molecule has 1 N–H and O–H groups in total. The highest BCUT2D eigenvalue weighted by molar-refractivity contribution is 6.31. The van der Waals surface area contributed by atoms with Crippen molar-refractivity contribution in [1.82, 2.24) is 0 Å². The Bertz CT molecular complexity index is 356. The molecule has 17 heavy (non-hydrogen) atoms. The summed E-state index contributed by atoms with van der Waals surface area (Å²) in [5.74, 6) is 0.942. The van der Waals surface area contributed by atoms with Gasteiger partial charge in [-0.2, -0.15) is 0 Å². The molecule has 0 bridgehead atoms. The lowest BCUT2D eigenvalue weighted by molar-refractivity contribution is 0.345. The van der Waals surface area contributed by atoms with Gasteiger partial charge in [-0.3, -0.25) is 0 Å². The van der Waals surface area contributed by atoms with E-state index in [4.69, 9.17) is 11.6 Å². The molecular weight excluding hydrogens is 230 g/mol. The van der Waals surface area contributed by atoms with Crippen LogP contribution < -0.4 is 5.32 Å². The van der Waals surface area contributed by atoms with Gasteiger partial charge in [0.05, 0.1) is 0 Å². The van der Waals surface area contributed by atoms with E-state index in [1.54, 1.807) is 0 Å². The minimum atomic E-state index is 0.854. The van der Waals surface area contributed by atoms with Gasteiger partial charge in [-0.25, -0.2) is 0 Å². The fraction of sp³-hybridized carbons (Fsp3) is 0.600. The molecule has 1 aliphatic rings. The maximum atomic E-state index is 6.10. The number of nitrogens with one attached hydrogen (secondary N) is 1. The molecule has 0 radical (unpaired) electrons. The fourth-order valence-corrected chi connectivity index (χ4v) is 2.78. The first-order chi connectivity index (χ1) is 8.25. The van der Waals surface area contributed by atoms with Crippen LogP contribution in [0.1, 0.15) is 44.1 Å². The van der Waals surface area contributed by atoms with Gasteiger partial charge in [0.25, 0.3) is 0 Å². The first-order valence-corrected chi connectivity index (χ1v) is 7.13. The fourth-order valence-electron chi connectivity index (χ4n) is 2.60. The van der Waals surface area contributed by atoms with Crippen molar-refractivity contribution in [2.24, 2.45) is 5.92 Å². The van der Waals surface area contributed by atoms with Gasteiger partial charge in [-0.05, 0) is 37.0 Å². The zero-order chi connectivity index (χ0) is 12.1. The van der Waals surface area contributed by atoms with Crippen LogP contribution in [0.25, 0.3) is 0 Å². The summed E-state index contributed by atoms with van der Waals surface area (Å²) in [7, 11) is 0. The third-order valence-corrected chi connectivity index (χ3v) is 4.19. The van der Waals surface area contributed by atoms with Crippen molar-refractivity contribution in [1.29, 1.82) is 0 Å². The second kappa shape index (κ2) is 6.30. The predicted octanol–water partition coefficient (Wildman–Crippen LogP) is 5.03. The number of anilines is 1. The molecule has 0 aliphatic heterocycles. The van der Waals surface area contributed by atoms with E-state index in [0.717, 1.165) is 28.7 Å². The van der Waals surface area contributed by atoms with Crippen molar-refractivity contribution in [2.75, 3.05) is 11.9 Å². The lowest BCUT2D eigenvalue weighted by Gasteiger charge is -2.21. The standard InChI is InChI=1S/C15H22ClN/c1-12-7-8-14(11-15(12)16)17-10-9-13-5-3-2-4-6-13/h7-8,11,13,17H,2-6,9-10H2,1H3. The van der Waals surface area contributed by atoms with Gasteiger partial charge in [-0.15, -0.1) is 0 Å². The Morgan fingerprint density at radius 2 is 2.00 bits per heavy atom. The number of hydrogen-bond acceptors (Lipinski definition) is 1. The summed E-state index contributed by atoms with van der Waals surface area (Å²) in [6, 6.07) is 6.21. The highest BCUT2D eigenvalue weighted by Crippen LogP contribution is 2.26. The second-order valence-corrected chi connectivity index (χ2v) is 5.59. The van der Waals surface area contributed by atoms with E-state index in [9.17, 15) is 0 Å². The van der Waals surface area contributed by atoms with Gasteiger partial charge in [0.1, 0.15) is 0 Å². The van der Waals surface area contributed by atoms with Crippen molar-refractivity contribution in [3.8, 4) is 0 Å². The van der Waals surface area contributed by atoms with Crippen molar-refractivity contribution in [3.05, 3.63) is 28.8 Å². The van der Waals surface area contributed by atoms with Crippen LogP contribution in [0.2, 0.25) is 5.02 Å². The maximum Gasteiger partial charge on any atom is 0.0455 e. The Balaban J connectivity index is 1.75. The molecule has 94 valence electrons. The molecule has 0 atom stereocenters. The Morgan fingerprint density at radius 1 is 1.24 bits per heavy atom. The van der Waals surface area contributed by atoms with Gasteiger partial charge in [-0.1, -0.05) is 49.8 Å². The number of hydrogen-bond donors (Lipinski definition) is 1. The lowest BCUT2D eigenvalue weighted by Crippen LogP contribution is -2.12. The van der Waals surface area contributed by atoms with E-state index in [1.165, 1.54) is 38.5 Å². The van der Waals surface area contributed by atoms with Crippen LogP contribution in [0.15, 0.2) is 18.2 Å². The summed E-state index contributed by atoms with van der Waals surface area (Å²) in [6.07, 6.45) is 8.46. The summed E-state index contributed by atoms with van der Waals surface area (Å²) in [6.45, 7) is 3.11. The molecular formula is C15H22ClN. The molecule has 0 heterocycles. The summed E-state index contributed by atoms with van der Waals surface area (Å²) in [5.41, 5.74) is 2.29. The molecule has 2 rings (SSSR count). The normalized spacial score (nSPS) is 17.1. The van der Waals surface area contributed by atoms with Crippen LogP contribution in [0, 0.1) is 12.8 Å². The number of rotatable bonds is 4. The van der Waals surface area contributed by atoms with E-state index in [-0.39, 0.29) is 0 Å². The van der Waals surface area contributed by atoms with Crippen LogP contribution in [-0.2, 0) is 0 Å². The zero-order valence-corrected chi connectivity index (χ0v) is 11.4. The maximum absolute atomic E-state index is 6.10. The van der Waals surface area contributed by atoms with E-state index < -0.39 is 0 Å². The van der Waals surface area contributed by atoms with Crippen molar-refractivity contribution in [2.45, 2.75) is 45.4 Å². The van der Waals surface area contributed by atoms with Gasteiger partial charge in [0.2, 0.25) is 0 Å². The van der Waals surface area contributed by atoms with Gasteiger partial charge in [0.15, 0.2) is 0 Å². The molecule has 1 fully saturated rings. The quantitative estimate of drug-likeness (QED) is 0.791. The molecule has 1 nitrogen and oxygen atoms in total. The predicted molar refractivity (Wildman–Crippen MR) is 75.9 cm³/mol. The average Bonchev–Trinajstić information content (AvgIpc) is 2.35. The van der Waals surface area contributed by atoms with Crippen LogP contribution in [0.4, 0.5) is 5.69 Å². The van der Waals surface area contributed by atoms with Gasteiger partial charge in [0, 0.05) is 17.3 Å². The molecule has 1 aliphatic carbocycles. The first-order valence-electron chi connectivity index (χ1n) is 6.76. The largest absolute Gasteiger partial charge is 0.385 e. The van der Waals surface area contributed by atoms with Crippen molar-refractivity contribution < 1.29 is 0 Å². The third-order valence-electron chi connectivity index (χ3n) is 3.78.